The summed E-state index contributed by atoms with van der Waals surface area (Å²) in [5.74, 6) is -1.15. The Balaban J connectivity index is 1.71. The van der Waals surface area contributed by atoms with E-state index in [0.717, 1.165) is 5.56 Å². The molecule has 0 aromatic heterocycles. The highest BCUT2D eigenvalue weighted by Gasteiger charge is 2.38. The predicted molar refractivity (Wildman–Crippen MR) is 79.3 cm³/mol. The summed E-state index contributed by atoms with van der Waals surface area (Å²) in [5, 5.41) is 11.8. The highest BCUT2D eigenvalue weighted by Crippen LogP contribution is 2.22. The Morgan fingerprint density at radius 3 is 2.73 bits per heavy atom. The molecule has 1 atom stereocenters. The molecule has 6 nitrogen and oxygen atoms in total. The molecule has 0 spiro atoms. The molecule has 1 saturated heterocycles. The standard InChI is InChI=1S/C16H21NO5/c18-14(6-8-21-11-13-4-2-1-3-5-13)17-16(10-15(19)20)7-9-22-12-16/h1-5H,6-12H2,(H,17,18)(H,19,20). The fourth-order valence-electron chi connectivity index (χ4n) is 2.47. The van der Waals surface area contributed by atoms with Gasteiger partial charge in [0.25, 0.3) is 0 Å². The number of carboxylic acid groups (broad SMARTS) is 1. The van der Waals surface area contributed by atoms with Crippen LogP contribution in [0.1, 0.15) is 24.8 Å². The van der Waals surface area contributed by atoms with Crippen molar-refractivity contribution in [2.24, 2.45) is 0 Å². The number of ether oxygens (including phenoxy) is 2. The second-order valence-electron chi connectivity index (χ2n) is 5.49. The van der Waals surface area contributed by atoms with Crippen LogP contribution < -0.4 is 5.32 Å². The van der Waals surface area contributed by atoms with E-state index in [4.69, 9.17) is 14.6 Å². The summed E-state index contributed by atoms with van der Waals surface area (Å²) in [7, 11) is 0. The Hall–Kier alpha value is -1.92. The van der Waals surface area contributed by atoms with Crippen LogP contribution in [-0.4, -0.2) is 42.3 Å². The van der Waals surface area contributed by atoms with Gasteiger partial charge >= 0.3 is 5.97 Å². The zero-order valence-electron chi connectivity index (χ0n) is 12.4. The van der Waals surface area contributed by atoms with E-state index in [0.29, 0.717) is 26.2 Å². The Morgan fingerprint density at radius 1 is 1.32 bits per heavy atom. The molecule has 6 heteroatoms. The van der Waals surface area contributed by atoms with Crippen molar-refractivity contribution in [2.75, 3.05) is 19.8 Å². The number of nitrogens with one attached hydrogen (secondary N) is 1. The SMILES string of the molecule is O=C(O)CC1(NC(=O)CCOCc2ccccc2)CCOC1. The smallest absolute Gasteiger partial charge is 0.305 e. The first kappa shape index (κ1) is 16.5. The summed E-state index contributed by atoms with van der Waals surface area (Å²) in [6, 6.07) is 9.71. The van der Waals surface area contributed by atoms with Gasteiger partial charge in [0, 0.05) is 13.0 Å². The molecule has 2 rings (SSSR count). The van der Waals surface area contributed by atoms with Gasteiger partial charge in [-0.3, -0.25) is 9.59 Å². The molecule has 1 aliphatic rings. The minimum Gasteiger partial charge on any atom is -0.481 e. The average Bonchev–Trinajstić information content (AvgIpc) is 2.92. The number of hydrogen-bond acceptors (Lipinski definition) is 4. The van der Waals surface area contributed by atoms with Crippen LogP contribution in [0.3, 0.4) is 0 Å². The van der Waals surface area contributed by atoms with Crippen LogP contribution in [0.5, 0.6) is 0 Å². The fraction of sp³-hybridized carbons (Fsp3) is 0.500. The molecule has 1 aliphatic heterocycles. The van der Waals surface area contributed by atoms with Gasteiger partial charge in [0.05, 0.1) is 31.8 Å². The molecule has 2 N–H and O–H groups in total. The van der Waals surface area contributed by atoms with Crippen LogP contribution in [-0.2, 0) is 25.7 Å². The van der Waals surface area contributed by atoms with Crippen molar-refractivity contribution in [3.63, 3.8) is 0 Å². The van der Waals surface area contributed by atoms with E-state index < -0.39 is 11.5 Å². The van der Waals surface area contributed by atoms with Crippen LogP contribution in [0, 0.1) is 0 Å². The summed E-state index contributed by atoms with van der Waals surface area (Å²) in [6.45, 7) is 1.47. The van der Waals surface area contributed by atoms with Gasteiger partial charge in [-0.2, -0.15) is 0 Å². The molecular formula is C16H21NO5. The lowest BCUT2D eigenvalue weighted by Crippen LogP contribution is -2.50. The van der Waals surface area contributed by atoms with E-state index >= 15 is 0 Å². The Labute approximate surface area is 129 Å². The van der Waals surface area contributed by atoms with Gasteiger partial charge in [-0.25, -0.2) is 0 Å². The van der Waals surface area contributed by atoms with E-state index in [1.165, 1.54) is 0 Å². The second kappa shape index (κ2) is 7.91. The summed E-state index contributed by atoms with van der Waals surface area (Å²) in [5.41, 5.74) is 0.275. The van der Waals surface area contributed by atoms with Crippen molar-refractivity contribution < 1.29 is 24.2 Å². The summed E-state index contributed by atoms with van der Waals surface area (Å²) in [4.78, 5) is 22.9. The maximum Gasteiger partial charge on any atom is 0.305 e. The number of rotatable bonds is 8. The van der Waals surface area contributed by atoms with Gasteiger partial charge in [0.1, 0.15) is 0 Å². The molecule has 1 aromatic carbocycles. The maximum atomic E-state index is 12.0. The van der Waals surface area contributed by atoms with Crippen LogP contribution >= 0.6 is 0 Å². The fourth-order valence-corrected chi connectivity index (χ4v) is 2.47. The number of carboxylic acids is 1. The van der Waals surface area contributed by atoms with Crippen molar-refractivity contribution >= 4 is 11.9 Å². The molecular weight excluding hydrogens is 286 g/mol. The average molecular weight is 307 g/mol. The monoisotopic (exact) mass is 307 g/mol. The first-order valence-corrected chi connectivity index (χ1v) is 7.32. The van der Waals surface area contributed by atoms with E-state index in [1.54, 1.807) is 0 Å². The topological polar surface area (TPSA) is 84.9 Å². The summed E-state index contributed by atoms with van der Waals surface area (Å²) < 4.78 is 10.7. The quantitative estimate of drug-likeness (QED) is 0.708. The molecule has 1 heterocycles. The van der Waals surface area contributed by atoms with Crippen molar-refractivity contribution in [1.82, 2.24) is 5.32 Å². The molecule has 0 bridgehead atoms. The Bertz CT molecular complexity index is 497. The van der Waals surface area contributed by atoms with Crippen molar-refractivity contribution in [2.45, 2.75) is 31.4 Å². The normalized spacial score (nSPS) is 20.7. The van der Waals surface area contributed by atoms with Crippen LogP contribution in [0.2, 0.25) is 0 Å². The van der Waals surface area contributed by atoms with E-state index in [1.807, 2.05) is 30.3 Å². The zero-order valence-corrected chi connectivity index (χ0v) is 12.4. The molecule has 120 valence electrons. The molecule has 0 radical (unpaired) electrons. The highest BCUT2D eigenvalue weighted by atomic mass is 16.5. The third-order valence-electron chi connectivity index (χ3n) is 3.58. The largest absolute Gasteiger partial charge is 0.481 e. The van der Waals surface area contributed by atoms with Gasteiger partial charge in [0.15, 0.2) is 0 Å². The molecule has 0 saturated carbocycles. The highest BCUT2D eigenvalue weighted by molar-refractivity contribution is 5.78. The predicted octanol–water partition coefficient (Wildman–Crippen LogP) is 1.34. The first-order chi connectivity index (χ1) is 10.6. The van der Waals surface area contributed by atoms with Gasteiger partial charge in [-0.15, -0.1) is 0 Å². The third kappa shape index (κ3) is 5.13. The summed E-state index contributed by atoms with van der Waals surface area (Å²) in [6.07, 6.45) is 0.605. The zero-order chi connectivity index (χ0) is 15.8. The minimum atomic E-state index is -0.939. The number of hydrogen-bond donors (Lipinski definition) is 2. The molecule has 1 aromatic rings. The minimum absolute atomic E-state index is 0.121. The van der Waals surface area contributed by atoms with Crippen molar-refractivity contribution in [1.29, 1.82) is 0 Å². The Kier molecular flexibility index (Phi) is 5.91. The molecule has 1 amide bonds. The van der Waals surface area contributed by atoms with E-state index in [2.05, 4.69) is 5.32 Å². The number of carbonyl (C=O) groups excluding carboxylic acids is 1. The van der Waals surface area contributed by atoms with Crippen molar-refractivity contribution in [3.8, 4) is 0 Å². The lowest BCUT2D eigenvalue weighted by molar-refractivity contribution is -0.139. The lowest BCUT2D eigenvalue weighted by atomic mass is 9.94. The number of aliphatic carboxylic acids is 1. The van der Waals surface area contributed by atoms with Gasteiger partial charge in [0.2, 0.25) is 5.91 Å². The van der Waals surface area contributed by atoms with Gasteiger partial charge in [-0.1, -0.05) is 30.3 Å². The lowest BCUT2D eigenvalue weighted by Gasteiger charge is -2.27. The second-order valence-corrected chi connectivity index (χ2v) is 5.49. The van der Waals surface area contributed by atoms with Gasteiger partial charge in [-0.05, 0) is 12.0 Å². The number of amides is 1. The molecule has 1 fully saturated rings. The van der Waals surface area contributed by atoms with E-state index in [-0.39, 0.29) is 25.4 Å². The number of benzene rings is 1. The van der Waals surface area contributed by atoms with Crippen LogP contribution in [0.4, 0.5) is 0 Å². The summed E-state index contributed by atoms with van der Waals surface area (Å²) >= 11 is 0. The van der Waals surface area contributed by atoms with Crippen LogP contribution in [0.15, 0.2) is 30.3 Å². The first-order valence-electron chi connectivity index (χ1n) is 7.32. The van der Waals surface area contributed by atoms with Gasteiger partial charge < -0.3 is 19.9 Å². The molecule has 1 unspecified atom stereocenters. The Morgan fingerprint density at radius 2 is 2.09 bits per heavy atom. The maximum absolute atomic E-state index is 12.0. The molecule has 22 heavy (non-hydrogen) atoms. The van der Waals surface area contributed by atoms with Crippen LogP contribution in [0.25, 0.3) is 0 Å². The number of carbonyl (C=O) groups is 2. The third-order valence-corrected chi connectivity index (χ3v) is 3.58. The molecule has 0 aliphatic carbocycles. The van der Waals surface area contributed by atoms with Crippen molar-refractivity contribution in [3.05, 3.63) is 35.9 Å². The van der Waals surface area contributed by atoms with E-state index in [9.17, 15) is 9.59 Å².